The molecule has 2 N–H and O–H groups in total. The van der Waals surface area contributed by atoms with Crippen LogP contribution >= 0.6 is 11.8 Å². The fourth-order valence-corrected chi connectivity index (χ4v) is 5.63. The van der Waals surface area contributed by atoms with Crippen LogP contribution in [0.25, 0.3) is 0 Å². The van der Waals surface area contributed by atoms with Crippen molar-refractivity contribution in [2.45, 2.75) is 37.3 Å². The molecule has 0 amide bonds. The third-order valence-electron chi connectivity index (χ3n) is 3.82. The van der Waals surface area contributed by atoms with Crippen LogP contribution in [0.4, 0.5) is 5.69 Å². The lowest BCUT2D eigenvalue weighted by molar-refractivity contribution is 0.415. The fraction of sp³-hybridized carbons (Fsp3) is 0.571. The topological polar surface area (TPSA) is 63.4 Å². The van der Waals surface area contributed by atoms with Gasteiger partial charge in [0.1, 0.15) is 0 Å². The number of thioether (sulfide) groups is 1. The second kappa shape index (κ2) is 5.95. The van der Waals surface area contributed by atoms with Crippen LogP contribution in [0.2, 0.25) is 0 Å². The maximum absolute atomic E-state index is 12.8. The minimum Gasteiger partial charge on any atom is -0.399 e. The van der Waals surface area contributed by atoms with Crippen LogP contribution in [-0.4, -0.2) is 36.8 Å². The van der Waals surface area contributed by atoms with Gasteiger partial charge in [-0.1, -0.05) is 6.92 Å². The number of hydrogen-bond acceptors (Lipinski definition) is 4. The van der Waals surface area contributed by atoms with Gasteiger partial charge in [0, 0.05) is 29.8 Å². The molecular formula is C14H22N2O2S2. The van der Waals surface area contributed by atoms with Crippen molar-refractivity contribution in [3.63, 3.8) is 0 Å². The highest BCUT2D eigenvalue weighted by Crippen LogP contribution is 2.29. The molecule has 1 atom stereocenters. The van der Waals surface area contributed by atoms with Crippen molar-refractivity contribution in [3.05, 3.63) is 23.3 Å². The maximum atomic E-state index is 12.8. The number of nitrogens with zero attached hydrogens (tertiary/aromatic N) is 1. The van der Waals surface area contributed by atoms with Crippen molar-refractivity contribution in [1.82, 2.24) is 4.31 Å². The van der Waals surface area contributed by atoms with E-state index >= 15 is 0 Å². The average Bonchev–Trinajstić information content (AvgIpc) is 2.42. The van der Waals surface area contributed by atoms with E-state index in [1.807, 2.05) is 31.7 Å². The first kappa shape index (κ1) is 15.7. The molecule has 0 aliphatic carbocycles. The molecule has 1 aliphatic heterocycles. The molecule has 1 aromatic carbocycles. The summed E-state index contributed by atoms with van der Waals surface area (Å²) in [7, 11) is -3.44. The Hall–Kier alpha value is -0.720. The van der Waals surface area contributed by atoms with Gasteiger partial charge in [0.15, 0.2) is 0 Å². The Morgan fingerprint density at radius 3 is 2.75 bits per heavy atom. The summed E-state index contributed by atoms with van der Waals surface area (Å²) in [6, 6.07) is 3.40. The van der Waals surface area contributed by atoms with Gasteiger partial charge in [0.2, 0.25) is 10.0 Å². The normalized spacial score (nSPS) is 21.1. The molecule has 1 aromatic rings. The Morgan fingerprint density at radius 1 is 1.40 bits per heavy atom. The van der Waals surface area contributed by atoms with Crippen LogP contribution in [0.5, 0.6) is 0 Å². The van der Waals surface area contributed by atoms with Gasteiger partial charge in [-0.05, 0) is 43.5 Å². The molecule has 0 aromatic heterocycles. The molecule has 1 saturated heterocycles. The number of rotatable bonds is 3. The number of aryl methyl sites for hydroxylation is 1. The minimum absolute atomic E-state index is 0.358. The third kappa shape index (κ3) is 2.97. The van der Waals surface area contributed by atoms with Gasteiger partial charge in [-0.15, -0.1) is 0 Å². The molecule has 0 spiro atoms. The van der Waals surface area contributed by atoms with Crippen LogP contribution in [-0.2, 0) is 10.0 Å². The Morgan fingerprint density at radius 2 is 2.10 bits per heavy atom. The van der Waals surface area contributed by atoms with Crippen LogP contribution in [0.15, 0.2) is 17.0 Å². The SMILES string of the molecule is CCC1CN(S(=O)(=O)c2cc(N)cc(C)c2C)CCS1. The number of nitrogen functional groups attached to an aromatic ring is 1. The Bertz CT molecular complexity index is 599. The van der Waals surface area contributed by atoms with Gasteiger partial charge >= 0.3 is 0 Å². The zero-order valence-electron chi connectivity index (χ0n) is 12.2. The van der Waals surface area contributed by atoms with E-state index in [1.54, 1.807) is 10.4 Å². The van der Waals surface area contributed by atoms with Crippen LogP contribution in [0.1, 0.15) is 24.5 Å². The number of hydrogen-bond donors (Lipinski definition) is 1. The Balaban J connectivity index is 2.40. The summed E-state index contributed by atoms with van der Waals surface area (Å²) < 4.78 is 27.3. The fourth-order valence-electron chi connectivity index (χ4n) is 2.42. The summed E-state index contributed by atoms with van der Waals surface area (Å²) >= 11 is 1.86. The standard InChI is InChI=1S/C14H22N2O2S2/c1-4-13-9-16(5-6-19-13)20(17,18)14-8-12(15)7-10(2)11(14)3/h7-8,13H,4-6,9,15H2,1-3H3. The molecule has 1 fully saturated rings. The lowest BCUT2D eigenvalue weighted by Crippen LogP contribution is -2.41. The van der Waals surface area contributed by atoms with E-state index in [4.69, 9.17) is 5.73 Å². The summed E-state index contributed by atoms with van der Waals surface area (Å²) in [6.07, 6.45) is 0.992. The molecule has 1 unspecified atom stereocenters. The van der Waals surface area contributed by atoms with E-state index in [0.717, 1.165) is 23.3 Å². The lowest BCUT2D eigenvalue weighted by Gasteiger charge is -2.31. The minimum atomic E-state index is -3.44. The maximum Gasteiger partial charge on any atom is 0.243 e. The van der Waals surface area contributed by atoms with E-state index in [9.17, 15) is 8.42 Å². The summed E-state index contributed by atoms with van der Waals surface area (Å²) in [4.78, 5) is 0.358. The quantitative estimate of drug-likeness (QED) is 0.870. The molecule has 0 saturated carbocycles. The molecule has 112 valence electrons. The monoisotopic (exact) mass is 314 g/mol. The predicted molar refractivity (Wildman–Crippen MR) is 85.6 cm³/mol. The first-order valence-electron chi connectivity index (χ1n) is 6.84. The summed E-state index contributed by atoms with van der Waals surface area (Å²) in [5.74, 6) is 0.859. The highest BCUT2D eigenvalue weighted by atomic mass is 32.2. The Kier molecular flexibility index (Phi) is 4.66. The van der Waals surface area contributed by atoms with Gasteiger partial charge in [-0.25, -0.2) is 8.42 Å². The van der Waals surface area contributed by atoms with Crippen molar-refractivity contribution >= 4 is 27.5 Å². The Labute approximate surface area is 125 Å². The average molecular weight is 314 g/mol. The first-order chi connectivity index (χ1) is 9.36. The number of nitrogens with two attached hydrogens (primary N) is 1. The highest BCUT2D eigenvalue weighted by Gasteiger charge is 2.31. The number of benzene rings is 1. The van der Waals surface area contributed by atoms with E-state index < -0.39 is 10.0 Å². The van der Waals surface area contributed by atoms with Crippen molar-refractivity contribution < 1.29 is 8.42 Å². The van der Waals surface area contributed by atoms with Crippen LogP contribution in [0.3, 0.4) is 0 Å². The predicted octanol–water partition coefficient (Wildman–Crippen LogP) is 2.40. The molecular weight excluding hydrogens is 292 g/mol. The van der Waals surface area contributed by atoms with Crippen molar-refractivity contribution in [3.8, 4) is 0 Å². The van der Waals surface area contributed by atoms with Crippen LogP contribution in [0, 0.1) is 13.8 Å². The van der Waals surface area contributed by atoms with Crippen molar-refractivity contribution in [1.29, 1.82) is 0 Å². The number of sulfonamides is 1. The zero-order valence-corrected chi connectivity index (χ0v) is 13.9. The smallest absolute Gasteiger partial charge is 0.243 e. The summed E-state index contributed by atoms with van der Waals surface area (Å²) in [5, 5.41) is 0.390. The van der Waals surface area contributed by atoms with E-state index in [2.05, 4.69) is 6.92 Å². The van der Waals surface area contributed by atoms with Gasteiger partial charge < -0.3 is 5.73 Å². The van der Waals surface area contributed by atoms with Gasteiger partial charge in [-0.2, -0.15) is 16.1 Å². The van der Waals surface area contributed by atoms with E-state index in [-0.39, 0.29) is 0 Å². The second-order valence-corrected chi connectivity index (χ2v) is 8.54. The second-order valence-electron chi connectivity index (χ2n) is 5.23. The van der Waals surface area contributed by atoms with Crippen LogP contribution < -0.4 is 5.73 Å². The third-order valence-corrected chi connectivity index (χ3v) is 7.18. The summed E-state index contributed by atoms with van der Waals surface area (Å²) in [6.45, 7) is 7.01. The molecule has 1 aliphatic rings. The largest absolute Gasteiger partial charge is 0.399 e. The highest BCUT2D eigenvalue weighted by molar-refractivity contribution is 8.00. The van der Waals surface area contributed by atoms with E-state index in [0.29, 0.717) is 28.9 Å². The first-order valence-corrected chi connectivity index (χ1v) is 9.33. The van der Waals surface area contributed by atoms with Gasteiger partial charge in [0.05, 0.1) is 4.90 Å². The van der Waals surface area contributed by atoms with Gasteiger partial charge in [-0.3, -0.25) is 0 Å². The zero-order chi connectivity index (χ0) is 14.9. The molecule has 20 heavy (non-hydrogen) atoms. The lowest BCUT2D eigenvalue weighted by atomic mass is 10.1. The van der Waals surface area contributed by atoms with Crippen molar-refractivity contribution in [2.75, 3.05) is 24.6 Å². The molecule has 4 nitrogen and oxygen atoms in total. The number of anilines is 1. The molecule has 0 bridgehead atoms. The molecule has 0 radical (unpaired) electrons. The molecule has 6 heteroatoms. The van der Waals surface area contributed by atoms with Crippen molar-refractivity contribution in [2.24, 2.45) is 0 Å². The van der Waals surface area contributed by atoms with Gasteiger partial charge in [0.25, 0.3) is 0 Å². The molecule has 1 heterocycles. The summed E-state index contributed by atoms with van der Waals surface area (Å²) in [5.41, 5.74) is 8.04. The molecule has 2 rings (SSSR count). The van der Waals surface area contributed by atoms with E-state index in [1.165, 1.54) is 0 Å².